The van der Waals surface area contributed by atoms with E-state index in [-0.39, 0.29) is 16.7 Å². The van der Waals surface area contributed by atoms with Crippen LogP contribution in [-0.4, -0.2) is 37.9 Å². The molecule has 2 aliphatic heterocycles. The van der Waals surface area contributed by atoms with Crippen molar-refractivity contribution in [2.45, 2.75) is 23.2 Å². The number of fused-ring (bicyclic) bond motifs is 2. The number of thiophene rings is 1. The van der Waals surface area contributed by atoms with Crippen LogP contribution in [0.3, 0.4) is 0 Å². The summed E-state index contributed by atoms with van der Waals surface area (Å²) in [5.74, 6) is 0.796. The minimum absolute atomic E-state index is 0.148. The van der Waals surface area contributed by atoms with Crippen LogP contribution in [0.15, 0.2) is 64.2 Å². The standard InChI is InChI=1S/C22H20N2O5S2/c25-22(23-17-7-8-19-20(13-17)29-10-9-28-19)18-12-15-4-1-2-5-16(15)14-24(18)31(26,27)21-6-3-11-30-21/h1-8,11,13,18H,9-10,12,14H2,(H,23,25)/t18-/m0/s1. The number of rotatable bonds is 4. The Morgan fingerprint density at radius 3 is 2.55 bits per heavy atom. The van der Waals surface area contributed by atoms with Crippen molar-refractivity contribution in [3.8, 4) is 11.5 Å². The molecule has 0 unspecified atom stereocenters. The molecule has 0 fully saturated rings. The van der Waals surface area contributed by atoms with Crippen molar-refractivity contribution in [2.75, 3.05) is 18.5 Å². The van der Waals surface area contributed by atoms with Gasteiger partial charge < -0.3 is 14.8 Å². The summed E-state index contributed by atoms with van der Waals surface area (Å²) in [7, 11) is -3.82. The summed E-state index contributed by atoms with van der Waals surface area (Å²) in [4.78, 5) is 13.3. The molecule has 0 saturated carbocycles. The number of nitrogens with one attached hydrogen (secondary N) is 1. The van der Waals surface area contributed by atoms with Gasteiger partial charge in [0.25, 0.3) is 10.0 Å². The molecule has 3 heterocycles. The molecule has 2 aliphatic rings. The van der Waals surface area contributed by atoms with E-state index in [4.69, 9.17) is 9.47 Å². The average Bonchev–Trinajstić information content (AvgIpc) is 3.34. The fraction of sp³-hybridized carbons (Fsp3) is 0.227. The van der Waals surface area contributed by atoms with Gasteiger partial charge in [-0.2, -0.15) is 4.31 Å². The van der Waals surface area contributed by atoms with E-state index >= 15 is 0 Å². The number of carbonyl (C=O) groups excluding carboxylic acids is 1. The van der Waals surface area contributed by atoms with Gasteiger partial charge in [-0.05, 0) is 41.1 Å². The Morgan fingerprint density at radius 1 is 1.00 bits per heavy atom. The van der Waals surface area contributed by atoms with Crippen molar-refractivity contribution in [1.29, 1.82) is 0 Å². The number of anilines is 1. The molecule has 0 saturated heterocycles. The molecule has 2 aromatic carbocycles. The van der Waals surface area contributed by atoms with Crippen LogP contribution in [-0.2, 0) is 27.8 Å². The molecule has 0 spiro atoms. The summed E-state index contributed by atoms with van der Waals surface area (Å²) in [6.07, 6.45) is 0.303. The molecule has 9 heteroatoms. The maximum absolute atomic E-state index is 13.3. The topological polar surface area (TPSA) is 84.9 Å². The molecular formula is C22H20N2O5S2. The SMILES string of the molecule is O=C(Nc1ccc2c(c1)OCCO2)[C@@H]1Cc2ccccc2CN1S(=O)(=O)c1cccs1. The van der Waals surface area contributed by atoms with Crippen molar-refractivity contribution < 1.29 is 22.7 Å². The third-order valence-corrected chi connectivity index (χ3v) is 8.60. The van der Waals surface area contributed by atoms with Gasteiger partial charge in [0.15, 0.2) is 11.5 Å². The third-order valence-electron chi connectivity index (χ3n) is 5.38. The van der Waals surface area contributed by atoms with E-state index in [1.165, 1.54) is 4.31 Å². The van der Waals surface area contributed by atoms with Crippen molar-refractivity contribution in [3.63, 3.8) is 0 Å². The van der Waals surface area contributed by atoms with Gasteiger partial charge in [0.2, 0.25) is 5.91 Å². The molecule has 0 radical (unpaired) electrons. The smallest absolute Gasteiger partial charge is 0.253 e. The fourth-order valence-corrected chi connectivity index (χ4v) is 6.53. The zero-order valence-electron chi connectivity index (χ0n) is 16.5. The largest absolute Gasteiger partial charge is 0.486 e. The Balaban J connectivity index is 1.47. The summed E-state index contributed by atoms with van der Waals surface area (Å²) < 4.78 is 39.3. The highest BCUT2D eigenvalue weighted by atomic mass is 32.2. The van der Waals surface area contributed by atoms with Crippen LogP contribution in [0.4, 0.5) is 5.69 Å². The summed E-state index contributed by atoms with van der Waals surface area (Å²) in [6.45, 7) is 1.07. The molecule has 5 rings (SSSR count). The Labute approximate surface area is 184 Å². The Hall–Kier alpha value is -2.88. The van der Waals surface area contributed by atoms with E-state index in [2.05, 4.69) is 5.32 Å². The van der Waals surface area contributed by atoms with Crippen molar-refractivity contribution in [3.05, 3.63) is 71.1 Å². The van der Waals surface area contributed by atoms with Crippen LogP contribution in [0.25, 0.3) is 0 Å². The zero-order valence-corrected chi connectivity index (χ0v) is 18.1. The van der Waals surface area contributed by atoms with Crippen molar-refractivity contribution in [1.82, 2.24) is 4.31 Å². The summed E-state index contributed by atoms with van der Waals surface area (Å²) in [6, 6.07) is 15.2. The van der Waals surface area contributed by atoms with Gasteiger partial charge in [-0.3, -0.25) is 4.79 Å². The first-order chi connectivity index (χ1) is 15.0. The van der Waals surface area contributed by atoms with Crippen LogP contribution >= 0.6 is 11.3 Å². The van der Waals surface area contributed by atoms with Crippen LogP contribution in [0.1, 0.15) is 11.1 Å². The molecule has 1 amide bonds. The lowest BCUT2D eigenvalue weighted by Gasteiger charge is -2.34. The molecule has 31 heavy (non-hydrogen) atoms. The van der Waals surface area contributed by atoms with Gasteiger partial charge in [0, 0.05) is 18.3 Å². The first-order valence-corrected chi connectivity index (χ1v) is 12.2. The van der Waals surface area contributed by atoms with E-state index in [0.717, 1.165) is 22.5 Å². The summed E-state index contributed by atoms with van der Waals surface area (Å²) >= 11 is 1.15. The van der Waals surface area contributed by atoms with Gasteiger partial charge in [-0.25, -0.2) is 8.42 Å². The second-order valence-electron chi connectivity index (χ2n) is 7.32. The highest BCUT2D eigenvalue weighted by molar-refractivity contribution is 7.91. The predicted octanol–water partition coefficient (Wildman–Crippen LogP) is 3.27. The molecule has 3 aromatic rings. The molecule has 7 nitrogen and oxygen atoms in total. The number of hydrogen-bond donors (Lipinski definition) is 1. The molecule has 0 aliphatic carbocycles. The first kappa shape index (κ1) is 20.0. The van der Waals surface area contributed by atoms with Crippen molar-refractivity contribution >= 4 is 33.0 Å². The molecular weight excluding hydrogens is 436 g/mol. The van der Waals surface area contributed by atoms with Crippen LogP contribution in [0, 0.1) is 0 Å². The third kappa shape index (κ3) is 3.80. The number of nitrogens with zero attached hydrogens (tertiary/aromatic N) is 1. The Kier molecular flexibility index (Phi) is 5.17. The molecule has 160 valence electrons. The maximum atomic E-state index is 13.3. The predicted molar refractivity (Wildman–Crippen MR) is 117 cm³/mol. The lowest BCUT2D eigenvalue weighted by Crippen LogP contribution is -2.50. The molecule has 0 bridgehead atoms. The second-order valence-corrected chi connectivity index (χ2v) is 10.4. The van der Waals surface area contributed by atoms with E-state index in [0.29, 0.717) is 36.8 Å². The average molecular weight is 457 g/mol. The van der Waals surface area contributed by atoms with E-state index < -0.39 is 16.1 Å². The molecule has 1 N–H and O–H groups in total. The number of sulfonamides is 1. The summed E-state index contributed by atoms with van der Waals surface area (Å²) in [5.41, 5.74) is 2.41. The zero-order chi connectivity index (χ0) is 21.4. The van der Waals surface area contributed by atoms with Gasteiger partial charge in [0.1, 0.15) is 23.5 Å². The fourth-order valence-electron chi connectivity index (χ4n) is 3.85. The monoisotopic (exact) mass is 456 g/mol. The van der Waals surface area contributed by atoms with Crippen molar-refractivity contribution in [2.24, 2.45) is 0 Å². The van der Waals surface area contributed by atoms with Crippen LogP contribution < -0.4 is 14.8 Å². The lowest BCUT2D eigenvalue weighted by atomic mass is 9.95. The van der Waals surface area contributed by atoms with Gasteiger partial charge in [-0.15, -0.1) is 11.3 Å². The molecule has 1 aromatic heterocycles. The number of amides is 1. The summed E-state index contributed by atoms with van der Waals surface area (Å²) in [5, 5.41) is 4.58. The highest BCUT2D eigenvalue weighted by Crippen LogP contribution is 2.34. The maximum Gasteiger partial charge on any atom is 0.253 e. The van der Waals surface area contributed by atoms with Crippen LogP contribution in [0.5, 0.6) is 11.5 Å². The quantitative estimate of drug-likeness (QED) is 0.651. The van der Waals surface area contributed by atoms with Gasteiger partial charge in [0.05, 0.1) is 0 Å². The van der Waals surface area contributed by atoms with Gasteiger partial charge in [-0.1, -0.05) is 30.3 Å². The van der Waals surface area contributed by atoms with E-state index in [1.807, 2.05) is 24.3 Å². The Bertz CT molecular complexity index is 1220. The van der Waals surface area contributed by atoms with E-state index in [1.54, 1.807) is 35.7 Å². The highest BCUT2D eigenvalue weighted by Gasteiger charge is 2.40. The van der Waals surface area contributed by atoms with Gasteiger partial charge >= 0.3 is 0 Å². The number of hydrogen-bond acceptors (Lipinski definition) is 6. The number of benzene rings is 2. The number of carbonyl (C=O) groups is 1. The molecule has 1 atom stereocenters. The minimum atomic E-state index is -3.82. The van der Waals surface area contributed by atoms with E-state index in [9.17, 15) is 13.2 Å². The second kappa shape index (κ2) is 7.99. The Morgan fingerprint density at radius 2 is 1.77 bits per heavy atom. The normalized spacial score (nSPS) is 18.3. The first-order valence-electron chi connectivity index (χ1n) is 9.85. The van der Waals surface area contributed by atoms with Crippen LogP contribution in [0.2, 0.25) is 0 Å². The lowest BCUT2D eigenvalue weighted by molar-refractivity contribution is -0.120. The minimum Gasteiger partial charge on any atom is -0.486 e. The number of ether oxygens (including phenoxy) is 2.